The minimum Gasteiger partial charge on any atom is -0.378 e. The molecule has 0 radical (unpaired) electrons. The van der Waals surface area contributed by atoms with Crippen LogP contribution in [0.1, 0.15) is 31.5 Å². The van der Waals surface area contributed by atoms with Crippen LogP contribution in [0.4, 0.5) is 0 Å². The fourth-order valence-corrected chi connectivity index (χ4v) is 2.47. The van der Waals surface area contributed by atoms with Gasteiger partial charge in [0.15, 0.2) is 0 Å². The van der Waals surface area contributed by atoms with Crippen molar-refractivity contribution in [2.75, 3.05) is 6.61 Å². The Balaban J connectivity index is 2.19. The van der Waals surface area contributed by atoms with E-state index in [2.05, 4.69) is 22.7 Å². The van der Waals surface area contributed by atoms with Gasteiger partial charge in [0.05, 0.1) is 24.0 Å². The number of hydrogen-bond donors (Lipinski definition) is 2. The fourth-order valence-electron chi connectivity index (χ4n) is 2.47. The number of nitrogens with one attached hydrogen (secondary N) is 1. The number of rotatable bonds is 4. The summed E-state index contributed by atoms with van der Waals surface area (Å²) >= 11 is 0. The van der Waals surface area contributed by atoms with Crippen LogP contribution in [0.3, 0.4) is 0 Å². The summed E-state index contributed by atoms with van der Waals surface area (Å²) in [5, 5.41) is 7.83. The maximum absolute atomic E-state index is 5.69. The summed E-state index contributed by atoms with van der Waals surface area (Å²) in [6.07, 6.45) is 4.07. The maximum atomic E-state index is 5.69. The number of nitrogens with zero attached hydrogens (tertiary/aromatic N) is 3. The lowest BCUT2D eigenvalue weighted by Crippen LogP contribution is -2.38. The summed E-state index contributed by atoms with van der Waals surface area (Å²) in [6.45, 7) is 2.95. The lowest BCUT2D eigenvalue weighted by molar-refractivity contribution is 0.0765. The van der Waals surface area contributed by atoms with Gasteiger partial charge in [-0.15, -0.1) is 5.10 Å². The van der Waals surface area contributed by atoms with Gasteiger partial charge in [0.2, 0.25) is 0 Å². The van der Waals surface area contributed by atoms with Crippen molar-refractivity contribution in [3.8, 4) is 0 Å². The molecule has 1 aromatic heterocycles. The molecule has 6 nitrogen and oxygen atoms in total. The first-order chi connectivity index (χ1) is 7.77. The summed E-state index contributed by atoms with van der Waals surface area (Å²) in [5.74, 6) is 6.05. The molecule has 6 heteroatoms. The van der Waals surface area contributed by atoms with E-state index in [0.29, 0.717) is 5.92 Å². The molecule has 3 N–H and O–H groups in total. The summed E-state index contributed by atoms with van der Waals surface area (Å²) in [4.78, 5) is 0. The average molecular weight is 225 g/mol. The van der Waals surface area contributed by atoms with Crippen LogP contribution in [0.5, 0.6) is 0 Å². The molecular formula is C10H19N5O. The van der Waals surface area contributed by atoms with Gasteiger partial charge >= 0.3 is 0 Å². The lowest BCUT2D eigenvalue weighted by Gasteiger charge is -2.26. The second-order valence-corrected chi connectivity index (χ2v) is 4.20. The van der Waals surface area contributed by atoms with Gasteiger partial charge in [-0.05, 0) is 12.8 Å². The average Bonchev–Trinajstić information content (AvgIpc) is 2.90. The minimum atomic E-state index is 0.0625. The highest BCUT2D eigenvalue weighted by molar-refractivity contribution is 5.05. The molecule has 16 heavy (non-hydrogen) atoms. The fraction of sp³-hybridized carbons (Fsp3) is 0.800. The van der Waals surface area contributed by atoms with Crippen molar-refractivity contribution in [1.82, 2.24) is 20.4 Å². The maximum Gasteiger partial charge on any atom is 0.0770 e. The van der Waals surface area contributed by atoms with Crippen LogP contribution in [-0.4, -0.2) is 27.7 Å². The summed E-state index contributed by atoms with van der Waals surface area (Å²) in [7, 11) is 1.88. The van der Waals surface area contributed by atoms with E-state index >= 15 is 0 Å². The Labute approximate surface area is 95.1 Å². The number of hydrogen-bond acceptors (Lipinski definition) is 5. The molecular weight excluding hydrogens is 206 g/mol. The predicted octanol–water partition coefficient (Wildman–Crippen LogP) is 0.135. The molecule has 0 bridgehead atoms. The van der Waals surface area contributed by atoms with Gasteiger partial charge in [0.1, 0.15) is 0 Å². The van der Waals surface area contributed by atoms with Crippen molar-refractivity contribution in [2.45, 2.75) is 31.9 Å². The monoisotopic (exact) mass is 225 g/mol. The van der Waals surface area contributed by atoms with E-state index in [1.54, 1.807) is 10.9 Å². The third-order valence-electron chi connectivity index (χ3n) is 3.34. The molecule has 1 aliphatic rings. The molecule has 2 rings (SSSR count). The number of aryl methyl sites for hydroxylation is 1. The third kappa shape index (κ3) is 1.95. The van der Waals surface area contributed by atoms with Crippen LogP contribution < -0.4 is 11.3 Å². The van der Waals surface area contributed by atoms with Crippen molar-refractivity contribution in [3.63, 3.8) is 0 Å². The van der Waals surface area contributed by atoms with Crippen molar-refractivity contribution < 1.29 is 4.74 Å². The van der Waals surface area contributed by atoms with Gasteiger partial charge in [0, 0.05) is 19.6 Å². The standard InChI is InChI=1S/C10H19N5O/c1-3-9-7(4-5-16-9)10(13-11)8-6-12-14-15(8)2/h6-7,9-10,13H,3-5,11H2,1-2H3. The zero-order valence-corrected chi connectivity index (χ0v) is 9.76. The quantitative estimate of drug-likeness (QED) is 0.563. The Hall–Kier alpha value is -0.980. The molecule has 0 aromatic carbocycles. The first-order valence-electron chi connectivity index (χ1n) is 5.70. The topological polar surface area (TPSA) is 78.0 Å². The lowest BCUT2D eigenvalue weighted by atomic mass is 9.90. The van der Waals surface area contributed by atoms with E-state index in [0.717, 1.165) is 25.1 Å². The molecule has 0 spiro atoms. The molecule has 1 aromatic rings. The van der Waals surface area contributed by atoms with Gasteiger partial charge in [-0.2, -0.15) is 0 Å². The molecule has 0 amide bonds. The Morgan fingerprint density at radius 3 is 3.12 bits per heavy atom. The Morgan fingerprint density at radius 1 is 1.75 bits per heavy atom. The molecule has 1 saturated heterocycles. The summed E-state index contributed by atoms with van der Waals surface area (Å²) < 4.78 is 7.45. The van der Waals surface area contributed by atoms with Crippen LogP contribution in [-0.2, 0) is 11.8 Å². The number of nitrogens with two attached hydrogens (primary N) is 1. The van der Waals surface area contributed by atoms with E-state index in [4.69, 9.17) is 10.6 Å². The Bertz CT molecular complexity index is 340. The van der Waals surface area contributed by atoms with Crippen LogP contribution in [0, 0.1) is 5.92 Å². The third-order valence-corrected chi connectivity index (χ3v) is 3.34. The zero-order chi connectivity index (χ0) is 11.5. The normalized spacial score (nSPS) is 27.2. The molecule has 0 aliphatic carbocycles. The molecule has 1 fully saturated rings. The van der Waals surface area contributed by atoms with Crippen molar-refractivity contribution in [3.05, 3.63) is 11.9 Å². The minimum absolute atomic E-state index is 0.0625. The van der Waals surface area contributed by atoms with E-state index in [1.165, 1.54) is 0 Å². The van der Waals surface area contributed by atoms with Gasteiger partial charge in [-0.25, -0.2) is 0 Å². The SMILES string of the molecule is CCC1OCCC1C(NN)c1cnnn1C. The second-order valence-electron chi connectivity index (χ2n) is 4.20. The van der Waals surface area contributed by atoms with E-state index in [9.17, 15) is 0 Å². The van der Waals surface area contributed by atoms with Crippen LogP contribution in [0.15, 0.2) is 6.20 Å². The summed E-state index contributed by atoms with van der Waals surface area (Å²) in [5.41, 5.74) is 3.88. The smallest absolute Gasteiger partial charge is 0.0770 e. The number of aromatic nitrogens is 3. The van der Waals surface area contributed by atoms with E-state index < -0.39 is 0 Å². The first-order valence-corrected chi connectivity index (χ1v) is 5.70. The second kappa shape index (κ2) is 4.90. The van der Waals surface area contributed by atoms with Gasteiger partial charge in [0.25, 0.3) is 0 Å². The molecule has 3 unspecified atom stereocenters. The van der Waals surface area contributed by atoms with Gasteiger partial charge < -0.3 is 4.74 Å². The van der Waals surface area contributed by atoms with Crippen molar-refractivity contribution in [2.24, 2.45) is 18.8 Å². The highest BCUT2D eigenvalue weighted by Gasteiger charge is 2.35. The molecule has 2 heterocycles. The molecule has 1 aliphatic heterocycles. The number of ether oxygens (including phenoxy) is 1. The highest BCUT2D eigenvalue weighted by atomic mass is 16.5. The molecule has 3 atom stereocenters. The van der Waals surface area contributed by atoms with Crippen molar-refractivity contribution in [1.29, 1.82) is 0 Å². The number of hydrazine groups is 1. The highest BCUT2D eigenvalue weighted by Crippen LogP contribution is 2.33. The van der Waals surface area contributed by atoms with Crippen LogP contribution in [0.2, 0.25) is 0 Å². The Morgan fingerprint density at radius 2 is 2.56 bits per heavy atom. The van der Waals surface area contributed by atoms with Crippen molar-refractivity contribution >= 4 is 0 Å². The van der Waals surface area contributed by atoms with E-state index in [1.807, 2.05) is 7.05 Å². The molecule has 0 saturated carbocycles. The zero-order valence-electron chi connectivity index (χ0n) is 9.76. The van der Waals surface area contributed by atoms with E-state index in [-0.39, 0.29) is 12.1 Å². The van der Waals surface area contributed by atoms with Crippen LogP contribution >= 0.6 is 0 Å². The van der Waals surface area contributed by atoms with Gasteiger partial charge in [-0.1, -0.05) is 12.1 Å². The summed E-state index contributed by atoms with van der Waals surface area (Å²) in [6, 6.07) is 0.0625. The predicted molar refractivity (Wildman–Crippen MR) is 59.2 cm³/mol. The first kappa shape index (κ1) is 11.5. The molecule has 90 valence electrons. The van der Waals surface area contributed by atoms with Gasteiger partial charge in [-0.3, -0.25) is 16.0 Å². The largest absolute Gasteiger partial charge is 0.378 e. The Kier molecular flexibility index (Phi) is 3.52. The van der Waals surface area contributed by atoms with Crippen LogP contribution in [0.25, 0.3) is 0 Å².